The molecule has 24 nitrogen and oxygen atoms in total. The molecule has 0 radical (unpaired) electrons. The lowest BCUT2D eigenvalue weighted by atomic mass is 10.0. The van der Waals surface area contributed by atoms with Gasteiger partial charge in [0.2, 0.25) is 0 Å². The van der Waals surface area contributed by atoms with E-state index in [1.54, 1.807) is 77.1 Å². The molecule has 0 unspecified atom stereocenters. The molecule has 0 atom stereocenters. The minimum absolute atomic E-state index is 0.0424. The van der Waals surface area contributed by atoms with E-state index >= 15 is 0 Å². The number of rotatable bonds is 17. The SMILES string of the molecule is Cc1cc(N=Nc2cc(C)c(N=Nc3ccc(S(=O)(=O)O)cc3S(=O)(=O)O)cc2CCCS(=O)(=O)O)c(C)cc1N=Nc1cc(C)c(N=Nc2c(S(=O)(=O)O)cc3cc(N=Nc4ccc(O)cc4)ccc3c2O)cc1C. The van der Waals surface area contributed by atoms with Crippen LogP contribution in [0.2, 0.25) is 0 Å². The minimum Gasteiger partial charge on any atom is -0.508 e. The Labute approximate surface area is 435 Å². The van der Waals surface area contributed by atoms with E-state index in [1.807, 2.05) is 0 Å². The first-order chi connectivity index (χ1) is 35.5. The molecule has 7 aromatic rings. The molecule has 0 heterocycles. The van der Waals surface area contributed by atoms with Gasteiger partial charge in [0, 0.05) is 5.39 Å². The Kier molecular flexibility index (Phi) is 16.2. The summed E-state index contributed by atoms with van der Waals surface area (Å²) < 4.78 is 134. The first-order valence-corrected chi connectivity index (χ1v) is 28.0. The molecule has 0 saturated carbocycles. The van der Waals surface area contributed by atoms with Gasteiger partial charge in [-0.25, -0.2) is 0 Å². The quantitative estimate of drug-likeness (QED) is 0.0365. The first kappa shape index (κ1) is 55.8. The average Bonchev–Trinajstić information content (AvgIpc) is 3.33. The Balaban J connectivity index is 1.12. The molecular formula is C48H44N10O14S4. The van der Waals surface area contributed by atoms with E-state index in [4.69, 9.17) is 0 Å². The number of phenolic OH excluding ortho intramolecular Hbond substituents is 2. The molecule has 76 heavy (non-hydrogen) atoms. The largest absolute Gasteiger partial charge is 0.508 e. The van der Waals surface area contributed by atoms with Crippen LogP contribution in [-0.4, -0.2) is 67.8 Å². The van der Waals surface area contributed by atoms with Gasteiger partial charge in [0.15, 0.2) is 5.75 Å². The van der Waals surface area contributed by atoms with Crippen LogP contribution in [-0.2, 0) is 46.9 Å². The van der Waals surface area contributed by atoms with E-state index in [-0.39, 0.29) is 40.7 Å². The standard InChI is InChI=1S/C48H44N10O14S4/c1-26-18-41(54-57-44-21-30(5)43(23-31(44)7-6-16-73(61,62)63)55-51-38-15-13-36(74(64,65)66)25-45(38)75(67,68)69)27(2)17-39(26)52-53-40-19-29(4)42(20-28(40)3)56-58-47-46(76(70,71)72)24-32-22-34(10-14-37(32)48(47)60)50-49-33-8-11-35(59)12-9-33/h8-15,17-25,59-60H,6-7,16H2,1-5H3,(H,61,62,63)(H,64,65,66)(H,67,68,69)(H,70,71,72). The van der Waals surface area contributed by atoms with Gasteiger partial charge >= 0.3 is 0 Å². The zero-order chi connectivity index (χ0) is 55.5. The number of azo groups is 5. The number of phenols is 2. The summed E-state index contributed by atoms with van der Waals surface area (Å²) in [6.45, 7) is 8.60. The highest BCUT2D eigenvalue weighted by molar-refractivity contribution is 7.87. The van der Waals surface area contributed by atoms with Gasteiger partial charge < -0.3 is 10.2 Å². The summed E-state index contributed by atoms with van der Waals surface area (Å²) in [6, 6.07) is 23.7. The lowest BCUT2D eigenvalue weighted by molar-refractivity contribution is 0.472. The number of benzene rings is 7. The molecule has 0 saturated heterocycles. The van der Waals surface area contributed by atoms with E-state index in [0.29, 0.717) is 73.6 Å². The van der Waals surface area contributed by atoms with Gasteiger partial charge in [0.1, 0.15) is 26.9 Å². The summed E-state index contributed by atoms with van der Waals surface area (Å²) in [5.41, 5.74) is 5.14. The molecule has 0 spiro atoms. The lowest BCUT2D eigenvalue weighted by Crippen LogP contribution is -2.05. The molecule has 0 aromatic heterocycles. The highest BCUT2D eigenvalue weighted by atomic mass is 32.2. The number of aromatic hydroxyl groups is 2. The van der Waals surface area contributed by atoms with Crippen LogP contribution in [0.15, 0.2) is 169 Å². The molecule has 0 aliphatic carbocycles. The molecule has 0 bridgehead atoms. The molecule has 6 N–H and O–H groups in total. The predicted octanol–water partition coefficient (Wildman–Crippen LogP) is 13.4. The summed E-state index contributed by atoms with van der Waals surface area (Å²) in [5.74, 6) is -1.10. The van der Waals surface area contributed by atoms with Crippen LogP contribution in [0.5, 0.6) is 11.5 Å². The first-order valence-electron chi connectivity index (χ1n) is 22.1. The molecule has 394 valence electrons. The molecule has 7 aromatic carbocycles. The fourth-order valence-corrected chi connectivity index (χ4v) is 9.67. The van der Waals surface area contributed by atoms with E-state index in [9.17, 15) is 62.1 Å². The molecular weight excluding hydrogens is 1070 g/mol. The zero-order valence-electron chi connectivity index (χ0n) is 40.5. The monoisotopic (exact) mass is 1110 g/mol. The van der Waals surface area contributed by atoms with Gasteiger partial charge in [-0.1, -0.05) is 0 Å². The van der Waals surface area contributed by atoms with Crippen molar-refractivity contribution in [1.29, 1.82) is 0 Å². The Bertz CT molecular complexity index is 4110. The third kappa shape index (κ3) is 13.8. The van der Waals surface area contributed by atoms with Gasteiger partial charge in [-0.05, 0) is 189 Å². The minimum atomic E-state index is -5.05. The summed E-state index contributed by atoms with van der Waals surface area (Å²) in [6.07, 6.45) is -0.00842. The van der Waals surface area contributed by atoms with Crippen LogP contribution < -0.4 is 0 Å². The number of fused-ring (bicyclic) bond motifs is 1. The maximum Gasteiger partial charge on any atom is 0.296 e. The maximum atomic E-state index is 12.6. The molecule has 0 amide bonds. The third-order valence-corrected chi connectivity index (χ3v) is 14.7. The van der Waals surface area contributed by atoms with Crippen molar-refractivity contribution in [3.05, 3.63) is 137 Å². The lowest BCUT2D eigenvalue weighted by Gasteiger charge is -2.10. The van der Waals surface area contributed by atoms with E-state index < -0.39 is 78.0 Å². The fourth-order valence-electron chi connectivity index (χ4n) is 7.27. The average molecular weight is 1110 g/mol. The van der Waals surface area contributed by atoms with Crippen molar-refractivity contribution in [2.75, 3.05) is 5.75 Å². The normalized spacial score (nSPS) is 13.0. The van der Waals surface area contributed by atoms with Crippen LogP contribution in [0, 0.1) is 34.6 Å². The Morgan fingerprint density at radius 1 is 0.408 bits per heavy atom. The predicted molar refractivity (Wildman–Crippen MR) is 278 cm³/mol. The number of hydrogen-bond donors (Lipinski definition) is 6. The number of nitrogens with zero attached hydrogens (tertiary/aromatic N) is 10. The second-order valence-electron chi connectivity index (χ2n) is 17.1. The highest BCUT2D eigenvalue weighted by Crippen LogP contribution is 2.44. The van der Waals surface area contributed by atoms with Gasteiger partial charge in [-0.3, -0.25) is 18.2 Å². The number of hydrogen-bond acceptors (Lipinski definition) is 20. The van der Waals surface area contributed by atoms with Crippen molar-refractivity contribution in [3.63, 3.8) is 0 Å². The smallest absolute Gasteiger partial charge is 0.296 e. The van der Waals surface area contributed by atoms with E-state index in [1.165, 1.54) is 36.4 Å². The molecule has 0 aliphatic heterocycles. The summed E-state index contributed by atoms with van der Waals surface area (Å²) in [7, 11) is -19.2. The van der Waals surface area contributed by atoms with E-state index in [2.05, 4.69) is 51.1 Å². The maximum absolute atomic E-state index is 12.6. The molecule has 0 fully saturated rings. The second kappa shape index (κ2) is 22.1. The molecule has 7 rings (SSSR count). The third-order valence-electron chi connectivity index (χ3n) is 11.3. The Morgan fingerprint density at radius 3 is 1.36 bits per heavy atom. The van der Waals surface area contributed by atoms with Crippen molar-refractivity contribution in [2.24, 2.45) is 51.1 Å². The van der Waals surface area contributed by atoms with Gasteiger partial charge in [-0.15, -0.1) is 10.2 Å². The topological polar surface area (TPSA) is 382 Å². The van der Waals surface area contributed by atoms with E-state index in [0.717, 1.165) is 18.2 Å². The Hall–Kier alpha value is -7.96. The van der Waals surface area contributed by atoms with Crippen molar-refractivity contribution >= 4 is 108 Å². The number of aryl methyl sites for hydroxylation is 6. The highest BCUT2D eigenvalue weighted by Gasteiger charge is 2.24. The van der Waals surface area contributed by atoms with Crippen LogP contribution >= 0.6 is 0 Å². The van der Waals surface area contributed by atoms with Crippen LogP contribution in [0.4, 0.5) is 56.9 Å². The van der Waals surface area contributed by atoms with Crippen LogP contribution in [0.25, 0.3) is 10.8 Å². The van der Waals surface area contributed by atoms with Crippen LogP contribution in [0.3, 0.4) is 0 Å². The molecule has 0 aliphatic rings. The van der Waals surface area contributed by atoms with Crippen molar-refractivity contribution < 1.29 is 62.1 Å². The van der Waals surface area contributed by atoms with Gasteiger partial charge in [-0.2, -0.15) is 74.6 Å². The fraction of sp³-hybridized carbons (Fsp3) is 0.167. The van der Waals surface area contributed by atoms with Crippen LogP contribution in [0.1, 0.15) is 39.8 Å². The molecule has 28 heteroatoms. The summed E-state index contributed by atoms with van der Waals surface area (Å²) in [5, 5.41) is 63.5. The van der Waals surface area contributed by atoms with Gasteiger partial charge in [0.05, 0.1) is 56.1 Å². The summed E-state index contributed by atoms with van der Waals surface area (Å²) >= 11 is 0. The van der Waals surface area contributed by atoms with Crippen molar-refractivity contribution in [1.82, 2.24) is 0 Å². The van der Waals surface area contributed by atoms with Crippen molar-refractivity contribution in [2.45, 2.75) is 62.1 Å². The zero-order valence-corrected chi connectivity index (χ0v) is 43.8. The van der Waals surface area contributed by atoms with Crippen molar-refractivity contribution in [3.8, 4) is 11.5 Å². The second-order valence-corrected chi connectivity index (χ2v) is 22.8. The Morgan fingerprint density at radius 2 is 0.855 bits per heavy atom. The van der Waals surface area contributed by atoms with Gasteiger partial charge in [0.25, 0.3) is 40.5 Å². The summed E-state index contributed by atoms with van der Waals surface area (Å²) in [4.78, 5) is -2.47.